The fourth-order valence-electron chi connectivity index (χ4n) is 3.56. The van der Waals surface area contributed by atoms with Gasteiger partial charge in [0.05, 0.1) is 41.2 Å². The Morgan fingerprint density at radius 3 is 2.78 bits per heavy atom. The largest absolute Gasteiger partial charge is 0.377 e. The highest BCUT2D eigenvalue weighted by Gasteiger charge is 2.11. The second-order valence-electron chi connectivity index (χ2n) is 7.34. The third kappa shape index (κ3) is 4.11. The van der Waals surface area contributed by atoms with E-state index < -0.39 is 0 Å². The molecule has 0 unspecified atom stereocenters. The van der Waals surface area contributed by atoms with Gasteiger partial charge in [-0.05, 0) is 36.8 Å². The van der Waals surface area contributed by atoms with Crippen LogP contribution in [-0.2, 0) is 6.54 Å². The number of benzene rings is 3. The molecule has 0 spiro atoms. The number of nitrogens with one attached hydrogen (secondary N) is 2. The van der Waals surface area contributed by atoms with E-state index >= 15 is 0 Å². The van der Waals surface area contributed by atoms with Crippen LogP contribution in [-0.4, -0.2) is 28.1 Å². The molecule has 0 bridgehead atoms. The van der Waals surface area contributed by atoms with Crippen LogP contribution >= 0.6 is 0 Å². The van der Waals surface area contributed by atoms with Crippen molar-refractivity contribution in [2.45, 2.75) is 13.5 Å². The number of anilines is 2. The molecule has 0 atom stereocenters. The number of hydrazone groups is 1. The van der Waals surface area contributed by atoms with E-state index in [0.717, 1.165) is 28.1 Å². The molecular formula is C24H22N8. The summed E-state index contributed by atoms with van der Waals surface area (Å²) < 4.78 is 2.06. The second kappa shape index (κ2) is 8.81. The molecule has 0 aliphatic carbocycles. The molecule has 4 aromatic rings. The van der Waals surface area contributed by atoms with Crippen molar-refractivity contribution < 1.29 is 0 Å². The lowest BCUT2D eigenvalue weighted by Gasteiger charge is -2.15. The van der Waals surface area contributed by atoms with Crippen molar-refractivity contribution in [2.24, 2.45) is 20.3 Å². The van der Waals surface area contributed by atoms with Crippen LogP contribution in [0.3, 0.4) is 0 Å². The van der Waals surface area contributed by atoms with E-state index in [1.165, 1.54) is 5.56 Å². The second-order valence-corrected chi connectivity index (χ2v) is 7.34. The van der Waals surface area contributed by atoms with Gasteiger partial charge in [0.2, 0.25) is 0 Å². The van der Waals surface area contributed by atoms with Crippen LogP contribution in [0.4, 0.5) is 23.0 Å². The monoisotopic (exact) mass is 422 g/mol. The predicted molar refractivity (Wildman–Crippen MR) is 130 cm³/mol. The molecule has 0 saturated carbocycles. The Morgan fingerprint density at radius 1 is 1.03 bits per heavy atom. The van der Waals surface area contributed by atoms with E-state index in [4.69, 9.17) is 0 Å². The van der Waals surface area contributed by atoms with Gasteiger partial charge < -0.3 is 9.88 Å². The maximum atomic E-state index is 4.66. The van der Waals surface area contributed by atoms with E-state index in [-0.39, 0.29) is 0 Å². The van der Waals surface area contributed by atoms with Crippen molar-refractivity contribution in [1.82, 2.24) is 9.55 Å². The fourth-order valence-corrected chi connectivity index (χ4v) is 3.56. The first-order valence-corrected chi connectivity index (χ1v) is 10.4. The summed E-state index contributed by atoms with van der Waals surface area (Å²) in [5.74, 6) is 1.03. The first-order valence-electron chi connectivity index (χ1n) is 10.4. The molecule has 32 heavy (non-hydrogen) atoms. The summed E-state index contributed by atoms with van der Waals surface area (Å²) in [5, 5.41) is 16.4. The van der Waals surface area contributed by atoms with Gasteiger partial charge in [-0.2, -0.15) is 5.10 Å². The zero-order valence-electron chi connectivity index (χ0n) is 17.6. The van der Waals surface area contributed by atoms with Gasteiger partial charge in [0.25, 0.3) is 5.95 Å². The van der Waals surface area contributed by atoms with Crippen LogP contribution in [0, 0.1) is 0 Å². The number of rotatable bonds is 5. The van der Waals surface area contributed by atoms with Crippen molar-refractivity contribution in [3.63, 3.8) is 0 Å². The van der Waals surface area contributed by atoms with Gasteiger partial charge in [-0.3, -0.25) is 10.4 Å². The summed E-state index contributed by atoms with van der Waals surface area (Å²) in [5.41, 5.74) is 8.77. The Labute approximate surface area is 185 Å². The maximum Gasteiger partial charge on any atom is 0.250 e. The van der Waals surface area contributed by atoms with Gasteiger partial charge in [-0.1, -0.05) is 48.5 Å². The molecule has 1 aliphatic heterocycles. The van der Waals surface area contributed by atoms with Crippen molar-refractivity contribution >= 4 is 46.1 Å². The highest BCUT2D eigenvalue weighted by atomic mass is 15.4. The summed E-state index contributed by atoms with van der Waals surface area (Å²) in [7, 11) is 0. The molecule has 0 amide bonds. The molecule has 1 aliphatic rings. The Balaban J connectivity index is 1.40. The highest BCUT2D eigenvalue weighted by Crippen LogP contribution is 2.34. The zero-order valence-corrected chi connectivity index (χ0v) is 17.6. The summed E-state index contributed by atoms with van der Waals surface area (Å²) in [6.07, 6.45) is 1.84. The first kappa shape index (κ1) is 19.6. The highest BCUT2D eigenvalue weighted by molar-refractivity contribution is 5.89. The van der Waals surface area contributed by atoms with E-state index in [1.807, 2.05) is 66.9 Å². The normalized spacial score (nSPS) is 13.3. The van der Waals surface area contributed by atoms with Gasteiger partial charge >= 0.3 is 0 Å². The fraction of sp³-hybridized carbons (Fsp3) is 0.125. The number of hydrogen-bond acceptors (Lipinski definition) is 6. The SMILES string of the molecule is CC(N=Nc1nc2ccccc2n1Cc1ccccc1)=NNc1cccc2c1NCC=N2. The molecule has 8 heteroatoms. The third-order valence-corrected chi connectivity index (χ3v) is 5.08. The van der Waals surface area contributed by atoms with Gasteiger partial charge in [0.15, 0.2) is 5.84 Å². The van der Waals surface area contributed by atoms with Crippen LogP contribution < -0.4 is 10.7 Å². The molecule has 8 nitrogen and oxygen atoms in total. The Bertz CT molecular complexity index is 1330. The van der Waals surface area contributed by atoms with Crippen LogP contribution in [0.5, 0.6) is 0 Å². The predicted octanol–water partition coefficient (Wildman–Crippen LogP) is 5.74. The summed E-state index contributed by atoms with van der Waals surface area (Å²) in [6.45, 7) is 3.14. The molecule has 158 valence electrons. The molecule has 2 heterocycles. The van der Waals surface area contributed by atoms with Crippen LogP contribution in [0.25, 0.3) is 11.0 Å². The molecule has 1 aromatic heterocycles. The Kier molecular flexibility index (Phi) is 5.40. The number of para-hydroxylation sites is 3. The molecule has 0 saturated heterocycles. The number of imidazole rings is 1. The van der Waals surface area contributed by atoms with Crippen molar-refractivity contribution in [3.8, 4) is 0 Å². The lowest BCUT2D eigenvalue weighted by atomic mass is 10.2. The number of aromatic nitrogens is 2. The Hall–Kier alpha value is -4.33. The number of amidine groups is 1. The molecule has 5 rings (SSSR count). The average molecular weight is 422 g/mol. The van der Waals surface area contributed by atoms with E-state index in [0.29, 0.717) is 24.9 Å². The van der Waals surface area contributed by atoms with Gasteiger partial charge in [-0.15, -0.1) is 10.2 Å². The van der Waals surface area contributed by atoms with Gasteiger partial charge in [0, 0.05) is 6.21 Å². The smallest absolute Gasteiger partial charge is 0.250 e. The number of azo groups is 1. The molecular weight excluding hydrogens is 400 g/mol. The lowest BCUT2D eigenvalue weighted by molar-refractivity contribution is 0.817. The Morgan fingerprint density at radius 2 is 1.88 bits per heavy atom. The summed E-state index contributed by atoms with van der Waals surface area (Å²) in [4.78, 5) is 9.05. The molecule has 0 fully saturated rings. The first-order chi connectivity index (χ1) is 15.8. The summed E-state index contributed by atoms with van der Waals surface area (Å²) in [6, 6.07) is 24.1. The third-order valence-electron chi connectivity index (χ3n) is 5.08. The van der Waals surface area contributed by atoms with Crippen LogP contribution in [0.2, 0.25) is 0 Å². The minimum atomic E-state index is 0.486. The minimum Gasteiger partial charge on any atom is -0.377 e. The van der Waals surface area contributed by atoms with Crippen LogP contribution in [0.1, 0.15) is 12.5 Å². The minimum absolute atomic E-state index is 0.486. The number of hydrogen-bond donors (Lipinski definition) is 2. The van der Waals surface area contributed by atoms with Crippen LogP contribution in [0.15, 0.2) is 93.1 Å². The quantitative estimate of drug-likeness (QED) is 0.186. The number of nitrogens with zero attached hydrogens (tertiary/aromatic N) is 6. The molecule has 2 N–H and O–H groups in total. The lowest BCUT2D eigenvalue weighted by Crippen LogP contribution is -2.09. The average Bonchev–Trinajstić information content (AvgIpc) is 3.19. The van der Waals surface area contributed by atoms with Gasteiger partial charge in [0.1, 0.15) is 0 Å². The van der Waals surface area contributed by atoms with Crippen molar-refractivity contribution in [3.05, 3.63) is 78.4 Å². The van der Waals surface area contributed by atoms with E-state index in [2.05, 4.69) is 52.7 Å². The number of aliphatic imine (C=N–C) groups is 1. The molecule has 3 aromatic carbocycles. The standard InChI is InChI=1S/C24H22N8/c1-17(28-30-21-12-7-11-20-23(21)26-15-14-25-20)29-31-24-27-19-10-5-6-13-22(19)32(24)16-18-8-3-2-4-9-18/h2-14,26,30H,15-16H2,1H3. The topological polar surface area (TPSA) is 91.3 Å². The van der Waals surface area contributed by atoms with Crippen molar-refractivity contribution in [1.29, 1.82) is 0 Å². The zero-order chi connectivity index (χ0) is 21.8. The van der Waals surface area contributed by atoms with Gasteiger partial charge in [-0.25, -0.2) is 4.98 Å². The van der Waals surface area contributed by atoms with E-state index in [9.17, 15) is 0 Å². The van der Waals surface area contributed by atoms with Crippen molar-refractivity contribution in [2.75, 3.05) is 17.3 Å². The van der Waals surface area contributed by atoms with E-state index in [1.54, 1.807) is 6.92 Å². The molecule has 0 radical (unpaired) electrons. The summed E-state index contributed by atoms with van der Waals surface area (Å²) >= 11 is 0. The maximum absolute atomic E-state index is 4.66. The number of fused-ring (bicyclic) bond motifs is 2.